The van der Waals surface area contributed by atoms with Crippen LogP contribution < -0.4 is 10.6 Å². The fourth-order valence-corrected chi connectivity index (χ4v) is 4.96. The molecule has 7 heteroatoms. The Morgan fingerprint density at radius 3 is 2.12 bits per heavy atom. The van der Waals surface area contributed by atoms with Crippen LogP contribution in [0.2, 0.25) is 0 Å². The molecule has 7 nitrogen and oxygen atoms in total. The van der Waals surface area contributed by atoms with E-state index in [-0.39, 0.29) is 49.3 Å². The van der Waals surface area contributed by atoms with E-state index in [9.17, 15) is 14.4 Å². The SMILES string of the molecule is CCC(CC(=O)NC(CC(=O)O)C1CCC1)NC(=O)OCC1c2ccccc2-c2ccccc21. The molecule has 0 aliphatic heterocycles. The Balaban J connectivity index is 1.31. The van der Waals surface area contributed by atoms with E-state index in [1.807, 2.05) is 31.2 Å². The molecule has 2 aliphatic rings. The summed E-state index contributed by atoms with van der Waals surface area (Å²) in [5.74, 6) is -0.971. The van der Waals surface area contributed by atoms with Gasteiger partial charge in [-0.25, -0.2) is 4.79 Å². The summed E-state index contributed by atoms with van der Waals surface area (Å²) in [6.07, 6.45) is 2.96. The average molecular weight is 465 g/mol. The molecule has 1 saturated carbocycles. The van der Waals surface area contributed by atoms with E-state index in [1.54, 1.807) is 0 Å². The van der Waals surface area contributed by atoms with Gasteiger partial charge in [0.25, 0.3) is 0 Å². The Kier molecular flexibility index (Phi) is 7.50. The number of ether oxygens (including phenoxy) is 1. The molecule has 0 aromatic heterocycles. The molecule has 0 saturated heterocycles. The first kappa shape index (κ1) is 23.8. The number of carbonyl (C=O) groups is 3. The van der Waals surface area contributed by atoms with Crippen molar-refractivity contribution in [2.24, 2.45) is 5.92 Å². The summed E-state index contributed by atoms with van der Waals surface area (Å²) >= 11 is 0. The van der Waals surface area contributed by atoms with E-state index in [1.165, 1.54) is 0 Å². The number of rotatable bonds is 10. The average Bonchev–Trinajstić information content (AvgIpc) is 3.09. The number of alkyl carbamates (subject to hydrolysis) is 1. The van der Waals surface area contributed by atoms with Gasteiger partial charge in [-0.2, -0.15) is 0 Å². The van der Waals surface area contributed by atoms with Crippen molar-refractivity contribution in [3.8, 4) is 11.1 Å². The standard InChI is InChI=1S/C27H32N2O5/c1-2-18(14-25(30)29-24(15-26(31)32)17-8-7-9-17)28-27(33)34-16-23-21-12-5-3-10-19(21)20-11-4-6-13-22(20)23/h3-6,10-13,17-18,23-24H,2,7-9,14-16H2,1H3,(H,28,33)(H,29,30)(H,31,32). The van der Waals surface area contributed by atoms with Crippen LogP contribution in [0.15, 0.2) is 48.5 Å². The molecule has 0 radical (unpaired) electrons. The number of benzene rings is 2. The number of aliphatic carboxylic acids is 1. The van der Waals surface area contributed by atoms with E-state index in [0.29, 0.717) is 6.42 Å². The first-order valence-corrected chi connectivity index (χ1v) is 12.1. The quantitative estimate of drug-likeness (QED) is 0.482. The first-order chi connectivity index (χ1) is 16.5. The van der Waals surface area contributed by atoms with Gasteiger partial charge in [0.1, 0.15) is 6.61 Å². The molecule has 2 unspecified atom stereocenters. The summed E-state index contributed by atoms with van der Waals surface area (Å²) in [6, 6.07) is 15.6. The second-order valence-corrected chi connectivity index (χ2v) is 9.24. The molecule has 2 aliphatic carbocycles. The van der Waals surface area contributed by atoms with Crippen LogP contribution in [0.1, 0.15) is 62.5 Å². The van der Waals surface area contributed by atoms with Crippen molar-refractivity contribution in [1.82, 2.24) is 10.6 Å². The Hall–Kier alpha value is -3.35. The molecule has 2 atom stereocenters. The largest absolute Gasteiger partial charge is 0.481 e. The summed E-state index contributed by atoms with van der Waals surface area (Å²) < 4.78 is 5.59. The highest BCUT2D eigenvalue weighted by molar-refractivity contribution is 5.80. The lowest BCUT2D eigenvalue weighted by atomic mass is 9.78. The summed E-state index contributed by atoms with van der Waals surface area (Å²) in [5, 5.41) is 14.8. The maximum Gasteiger partial charge on any atom is 0.407 e. The summed E-state index contributed by atoms with van der Waals surface area (Å²) in [7, 11) is 0. The number of nitrogens with one attached hydrogen (secondary N) is 2. The zero-order valence-corrected chi connectivity index (χ0v) is 19.5. The summed E-state index contributed by atoms with van der Waals surface area (Å²) in [4.78, 5) is 36.3. The van der Waals surface area contributed by atoms with E-state index in [2.05, 4.69) is 34.9 Å². The Labute approximate surface area is 199 Å². The van der Waals surface area contributed by atoms with Gasteiger partial charge in [0.2, 0.25) is 5.91 Å². The van der Waals surface area contributed by atoms with Gasteiger partial charge in [0.15, 0.2) is 0 Å². The van der Waals surface area contributed by atoms with Crippen molar-refractivity contribution >= 4 is 18.0 Å². The lowest BCUT2D eigenvalue weighted by Crippen LogP contribution is -2.46. The molecule has 0 bridgehead atoms. The fourth-order valence-electron chi connectivity index (χ4n) is 4.96. The predicted molar refractivity (Wildman–Crippen MR) is 128 cm³/mol. The number of amides is 2. The molecule has 0 heterocycles. The third-order valence-electron chi connectivity index (χ3n) is 7.05. The van der Waals surface area contributed by atoms with Gasteiger partial charge in [-0.3, -0.25) is 9.59 Å². The van der Waals surface area contributed by atoms with Crippen molar-refractivity contribution < 1.29 is 24.2 Å². The molecule has 3 N–H and O–H groups in total. The molecule has 2 aromatic rings. The number of carbonyl (C=O) groups excluding carboxylic acids is 2. The molecule has 2 aromatic carbocycles. The summed E-state index contributed by atoms with van der Waals surface area (Å²) in [5.41, 5.74) is 4.61. The Bertz CT molecular complexity index is 1000. The highest BCUT2D eigenvalue weighted by atomic mass is 16.5. The third-order valence-corrected chi connectivity index (χ3v) is 7.05. The van der Waals surface area contributed by atoms with Crippen LogP contribution in [0.3, 0.4) is 0 Å². The van der Waals surface area contributed by atoms with Crippen molar-refractivity contribution in [2.45, 2.75) is 63.5 Å². The third kappa shape index (κ3) is 5.41. The Morgan fingerprint density at radius 2 is 1.59 bits per heavy atom. The van der Waals surface area contributed by atoms with Gasteiger partial charge in [0.05, 0.1) is 6.42 Å². The molecule has 180 valence electrons. The smallest absolute Gasteiger partial charge is 0.407 e. The van der Waals surface area contributed by atoms with Crippen molar-refractivity contribution in [2.75, 3.05) is 6.61 Å². The monoisotopic (exact) mass is 464 g/mol. The van der Waals surface area contributed by atoms with Gasteiger partial charge in [-0.1, -0.05) is 61.9 Å². The molecule has 0 spiro atoms. The maximum atomic E-state index is 12.6. The zero-order chi connectivity index (χ0) is 24.1. The molecule has 2 amide bonds. The van der Waals surface area contributed by atoms with Crippen LogP contribution in [0, 0.1) is 5.92 Å². The van der Waals surface area contributed by atoms with Crippen molar-refractivity contribution in [3.63, 3.8) is 0 Å². The number of fused-ring (bicyclic) bond motifs is 3. The van der Waals surface area contributed by atoms with Crippen molar-refractivity contribution in [3.05, 3.63) is 59.7 Å². The van der Waals surface area contributed by atoms with Crippen LogP contribution in [0.4, 0.5) is 4.79 Å². The number of hydrogen-bond donors (Lipinski definition) is 3. The maximum absolute atomic E-state index is 12.6. The van der Waals surface area contributed by atoms with Crippen LogP contribution in [0.5, 0.6) is 0 Å². The Morgan fingerprint density at radius 1 is 0.971 bits per heavy atom. The highest BCUT2D eigenvalue weighted by Gasteiger charge is 2.31. The molecule has 4 rings (SSSR count). The van der Waals surface area contributed by atoms with Crippen molar-refractivity contribution in [1.29, 1.82) is 0 Å². The second-order valence-electron chi connectivity index (χ2n) is 9.24. The minimum absolute atomic E-state index is 0.0271. The predicted octanol–water partition coefficient (Wildman–Crippen LogP) is 4.45. The van der Waals surface area contributed by atoms with Gasteiger partial charge in [-0.05, 0) is 47.4 Å². The van der Waals surface area contributed by atoms with Gasteiger partial charge in [0, 0.05) is 24.4 Å². The lowest BCUT2D eigenvalue weighted by molar-refractivity contribution is -0.138. The minimum atomic E-state index is -0.916. The molecular formula is C27H32N2O5. The van der Waals surface area contributed by atoms with E-state index >= 15 is 0 Å². The second kappa shape index (κ2) is 10.7. The van der Waals surface area contributed by atoms with Gasteiger partial charge >= 0.3 is 12.1 Å². The van der Waals surface area contributed by atoms with E-state index in [0.717, 1.165) is 41.5 Å². The minimum Gasteiger partial charge on any atom is -0.481 e. The highest BCUT2D eigenvalue weighted by Crippen LogP contribution is 2.44. The van der Waals surface area contributed by atoms with E-state index in [4.69, 9.17) is 9.84 Å². The normalized spacial score (nSPS) is 16.5. The molecular weight excluding hydrogens is 432 g/mol. The van der Waals surface area contributed by atoms with E-state index < -0.39 is 12.1 Å². The number of hydrogen-bond acceptors (Lipinski definition) is 4. The molecule has 34 heavy (non-hydrogen) atoms. The fraction of sp³-hybridized carbons (Fsp3) is 0.444. The topological polar surface area (TPSA) is 105 Å². The van der Waals surface area contributed by atoms with Crippen LogP contribution >= 0.6 is 0 Å². The number of carboxylic acid groups (broad SMARTS) is 1. The summed E-state index contributed by atoms with van der Waals surface area (Å²) in [6.45, 7) is 2.10. The zero-order valence-electron chi connectivity index (χ0n) is 19.5. The van der Waals surface area contributed by atoms with Gasteiger partial charge < -0.3 is 20.5 Å². The lowest BCUT2D eigenvalue weighted by Gasteiger charge is -2.33. The van der Waals surface area contributed by atoms with Crippen LogP contribution in [-0.2, 0) is 14.3 Å². The van der Waals surface area contributed by atoms with Crippen LogP contribution in [0.25, 0.3) is 11.1 Å². The van der Waals surface area contributed by atoms with Crippen LogP contribution in [-0.4, -0.2) is 41.8 Å². The molecule has 1 fully saturated rings. The number of carboxylic acids is 1. The van der Waals surface area contributed by atoms with Gasteiger partial charge in [-0.15, -0.1) is 0 Å². The first-order valence-electron chi connectivity index (χ1n) is 12.1.